The van der Waals surface area contributed by atoms with Gasteiger partial charge in [-0.05, 0) is 56.3 Å². The molecule has 1 heterocycles. The molecular weight excluding hydrogens is 585 g/mol. The average molecular weight is 611 g/mol. The van der Waals surface area contributed by atoms with E-state index in [1.807, 2.05) is 0 Å². The number of rotatable bonds is 6. The van der Waals surface area contributed by atoms with E-state index in [0.29, 0.717) is 16.3 Å². The number of carbonyl (C=O) groups is 2. The molecule has 14 heteroatoms. The summed E-state index contributed by atoms with van der Waals surface area (Å²) >= 11 is 3.25. The number of esters is 2. The molecule has 1 aliphatic heterocycles. The third kappa shape index (κ3) is 6.93. The molecule has 0 saturated heterocycles. The second-order valence-corrected chi connectivity index (χ2v) is 10.7. The predicted octanol–water partition coefficient (Wildman–Crippen LogP) is 3.74. The second kappa shape index (κ2) is 12.1. The quantitative estimate of drug-likeness (QED) is 0.387. The number of hydrogen-bond donors (Lipinski definition) is 1. The zero-order valence-corrected chi connectivity index (χ0v) is 22.6. The lowest BCUT2D eigenvalue weighted by molar-refractivity contribution is -0.168. The molecule has 1 aliphatic rings. The fourth-order valence-electron chi connectivity index (χ4n) is 3.40. The highest BCUT2D eigenvalue weighted by atomic mass is 79.9. The van der Waals surface area contributed by atoms with Crippen LogP contribution in [0.15, 0.2) is 51.8 Å². The van der Waals surface area contributed by atoms with Gasteiger partial charge in [0.2, 0.25) is 0 Å². The van der Waals surface area contributed by atoms with Crippen molar-refractivity contribution in [1.29, 1.82) is 0 Å². The molecule has 0 bridgehead atoms. The number of nitrogens with two attached hydrogens (primary N) is 1. The van der Waals surface area contributed by atoms with E-state index in [-0.39, 0.29) is 31.8 Å². The van der Waals surface area contributed by atoms with Gasteiger partial charge in [-0.1, -0.05) is 22.0 Å². The molecule has 0 fully saturated rings. The number of ether oxygens (including phenoxy) is 3. The van der Waals surface area contributed by atoms with E-state index in [1.165, 1.54) is 21.1 Å². The topological polar surface area (TPSA) is 125 Å². The van der Waals surface area contributed by atoms with Gasteiger partial charge in [0, 0.05) is 4.47 Å². The Morgan fingerprint density at radius 2 is 1.73 bits per heavy atom. The molecule has 0 unspecified atom stereocenters. The highest BCUT2D eigenvalue weighted by Gasteiger charge is 2.42. The number of benzene rings is 2. The number of methoxy groups -OCH3 is 2. The normalized spacial score (nSPS) is 13.5. The zero-order chi connectivity index (χ0) is 28.0. The van der Waals surface area contributed by atoms with Gasteiger partial charge in [0.1, 0.15) is 12.4 Å². The summed E-state index contributed by atoms with van der Waals surface area (Å²) in [6.45, 7) is 1.81. The monoisotopic (exact) mass is 610 g/mol. The van der Waals surface area contributed by atoms with Gasteiger partial charge < -0.3 is 19.9 Å². The average Bonchev–Trinajstić information content (AvgIpc) is 2.87. The molecule has 0 spiro atoms. The second-order valence-electron chi connectivity index (χ2n) is 7.92. The third-order valence-corrected chi connectivity index (χ3v) is 7.71. The number of hydrogen-bond acceptors (Lipinski definition) is 8. The molecule has 2 aromatic rings. The maximum absolute atomic E-state index is 12.9. The molecule has 0 atom stereocenters. The number of nitrogens with zero attached hydrogens (tertiary/aromatic N) is 1. The van der Waals surface area contributed by atoms with Gasteiger partial charge in [-0.3, -0.25) is 13.9 Å². The van der Waals surface area contributed by atoms with Gasteiger partial charge >= 0.3 is 18.1 Å². The van der Waals surface area contributed by atoms with Crippen molar-refractivity contribution in [3.63, 3.8) is 0 Å². The van der Waals surface area contributed by atoms with E-state index in [1.54, 1.807) is 18.2 Å². The van der Waals surface area contributed by atoms with Crippen molar-refractivity contribution in [2.75, 3.05) is 38.2 Å². The number of carbonyl (C=O) groups excluding carboxylic acids is 2. The number of fused-ring (bicyclic) bond motifs is 1. The Morgan fingerprint density at radius 3 is 2.27 bits per heavy atom. The lowest BCUT2D eigenvalue weighted by Gasteiger charge is -2.30. The minimum absolute atomic E-state index is 0.0159. The van der Waals surface area contributed by atoms with Crippen molar-refractivity contribution >= 4 is 43.6 Å². The fraction of sp³-hybridized carbons (Fsp3) is 0.391. The van der Waals surface area contributed by atoms with Crippen LogP contribution in [-0.2, 0) is 35.3 Å². The predicted molar refractivity (Wildman–Crippen MR) is 131 cm³/mol. The molecule has 0 aromatic heterocycles. The van der Waals surface area contributed by atoms with Crippen LogP contribution >= 0.6 is 15.9 Å². The van der Waals surface area contributed by atoms with E-state index < -0.39 is 44.0 Å². The van der Waals surface area contributed by atoms with Crippen LogP contribution in [0.25, 0.3) is 0 Å². The lowest BCUT2D eigenvalue weighted by atomic mass is 9.87. The molecule has 0 amide bonds. The van der Waals surface area contributed by atoms with Crippen molar-refractivity contribution in [3.05, 3.63) is 52.5 Å². The third-order valence-electron chi connectivity index (χ3n) is 5.41. The molecule has 37 heavy (non-hydrogen) atoms. The van der Waals surface area contributed by atoms with E-state index in [0.717, 1.165) is 22.5 Å². The van der Waals surface area contributed by atoms with Crippen LogP contribution in [0.2, 0.25) is 0 Å². The number of sulfonamides is 1. The molecule has 0 saturated carbocycles. The van der Waals surface area contributed by atoms with Crippen molar-refractivity contribution < 1.29 is 45.4 Å². The Balaban J connectivity index is 0.000000317. The largest absolute Gasteiger partial charge is 0.489 e. The van der Waals surface area contributed by atoms with Crippen LogP contribution in [0.5, 0.6) is 5.75 Å². The summed E-state index contributed by atoms with van der Waals surface area (Å²) in [7, 11) is -1.70. The molecule has 3 rings (SSSR count). The van der Waals surface area contributed by atoms with Gasteiger partial charge in [-0.25, -0.2) is 8.42 Å². The van der Waals surface area contributed by atoms with Crippen LogP contribution in [0.3, 0.4) is 0 Å². The van der Waals surface area contributed by atoms with Gasteiger partial charge in [-0.2, -0.15) is 13.2 Å². The summed E-state index contributed by atoms with van der Waals surface area (Å²) in [6, 6.07) is 8.56. The minimum Gasteiger partial charge on any atom is -0.489 e. The zero-order valence-electron chi connectivity index (χ0n) is 20.2. The lowest BCUT2D eigenvalue weighted by Crippen LogP contribution is -2.40. The summed E-state index contributed by atoms with van der Waals surface area (Å²) in [5.74, 6) is -0.880. The summed E-state index contributed by atoms with van der Waals surface area (Å²) in [6.07, 6.45) is -4.40. The Kier molecular flexibility index (Phi) is 9.97. The van der Waals surface area contributed by atoms with Crippen LogP contribution in [0.4, 0.5) is 18.9 Å². The fourth-order valence-corrected chi connectivity index (χ4v) is 5.25. The van der Waals surface area contributed by atoms with Gasteiger partial charge in [0.25, 0.3) is 10.0 Å². The van der Waals surface area contributed by atoms with E-state index in [2.05, 4.69) is 25.4 Å². The van der Waals surface area contributed by atoms with Crippen molar-refractivity contribution in [2.45, 2.75) is 24.4 Å². The molecule has 2 N–H and O–H groups in total. The van der Waals surface area contributed by atoms with Crippen LogP contribution in [-0.4, -0.2) is 54.3 Å². The number of halogens is 4. The number of alkyl halides is 3. The Bertz CT molecular complexity index is 1220. The van der Waals surface area contributed by atoms with Gasteiger partial charge in [0.05, 0.1) is 36.9 Å². The molecule has 204 valence electrons. The van der Waals surface area contributed by atoms with Crippen LogP contribution < -0.4 is 14.8 Å². The summed E-state index contributed by atoms with van der Waals surface area (Å²) in [5.41, 5.74) is 3.28. The van der Waals surface area contributed by atoms with E-state index in [9.17, 15) is 31.2 Å². The highest BCUT2D eigenvalue weighted by Crippen LogP contribution is 2.38. The molecule has 0 radical (unpaired) electrons. The van der Waals surface area contributed by atoms with Crippen LogP contribution in [0.1, 0.15) is 18.9 Å². The summed E-state index contributed by atoms with van der Waals surface area (Å²) in [5, 5.41) is 0. The summed E-state index contributed by atoms with van der Waals surface area (Å²) in [4.78, 5) is 22.1. The highest BCUT2D eigenvalue weighted by molar-refractivity contribution is 9.10. The summed E-state index contributed by atoms with van der Waals surface area (Å²) < 4.78 is 80.3. The minimum atomic E-state index is -4.61. The maximum Gasteiger partial charge on any atom is 0.416 e. The first-order chi connectivity index (χ1) is 17.2. The van der Waals surface area contributed by atoms with E-state index >= 15 is 0 Å². The molecular formula is C23H26BrF3N2O7S. The van der Waals surface area contributed by atoms with Crippen molar-refractivity contribution in [1.82, 2.24) is 0 Å². The first-order valence-corrected chi connectivity index (χ1v) is 12.9. The first kappa shape index (κ1) is 30.4. The van der Waals surface area contributed by atoms with Crippen LogP contribution in [0, 0.1) is 5.41 Å². The number of anilines is 1. The Morgan fingerprint density at radius 1 is 1.11 bits per heavy atom. The molecule has 9 nitrogen and oxygen atoms in total. The van der Waals surface area contributed by atoms with Gasteiger partial charge in [0.15, 0.2) is 5.41 Å². The molecule has 2 aromatic carbocycles. The van der Waals surface area contributed by atoms with Crippen molar-refractivity contribution in [3.8, 4) is 5.75 Å². The standard InChI is InChI=1S/C15H11BrF3NO3S.C8H15NO4/c16-11-4-5-14-13(9-11)20(6-7-23-14)24(21,22)12-3-1-2-10(8-12)15(17,18)19;1-8(4-5-9,6(10)12-2)7(11)13-3/h1-5,8-9H,6-7H2;4-5,9H2,1-3H3. The smallest absolute Gasteiger partial charge is 0.416 e. The SMILES string of the molecule is COC(=O)C(C)(CCN)C(=O)OC.O=S(=O)(c1cccc(C(F)(F)F)c1)N1CCOc2ccc(Br)cc21. The van der Waals surface area contributed by atoms with Crippen molar-refractivity contribution in [2.24, 2.45) is 11.1 Å². The maximum atomic E-state index is 12.9. The first-order valence-electron chi connectivity index (χ1n) is 10.7. The Hall–Kier alpha value is -2.84. The van der Waals surface area contributed by atoms with Gasteiger partial charge in [-0.15, -0.1) is 0 Å². The molecule has 0 aliphatic carbocycles. The Labute approximate surface area is 220 Å². The van der Waals surface area contributed by atoms with E-state index in [4.69, 9.17) is 10.5 Å².